The number of rotatable bonds is 4. The van der Waals surface area contributed by atoms with Crippen LogP contribution < -0.4 is 5.32 Å². The molecule has 1 saturated carbocycles. The maximum absolute atomic E-state index is 12.1. The number of aromatic hydroxyl groups is 1. The van der Waals surface area contributed by atoms with Gasteiger partial charge in [0.15, 0.2) is 6.10 Å². The summed E-state index contributed by atoms with van der Waals surface area (Å²) in [5.41, 5.74) is 0.918. The largest absolute Gasteiger partial charge is 0.507 e. The van der Waals surface area contributed by atoms with Crippen LogP contribution in [0.1, 0.15) is 54.9 Å². The quantitative estimate of drug-likeness (QED) is 0.839. The Labute approximate surface area is 130 Å². The second-order valence-electron chi connectivity index (χ2n) is 5.91. The molecule has 0 aliphatic heterocycles. The van der Waals surface area contributed by atoms with Crippen molar-refractivity contribution in [2.75, 3.05) is 0 Å². The van der Waals surface area contributed by atoms with Gasteiger partial charge in [-0.1, -0.05) is 30.9 Å². The molecule has 22 heavy (non-hydrogen) atoms. The lowest BCUT2D eigenvalue weighted by atomic mass is 9.95. The first-order valence-electron chi connectivity index (χ1n) is 7.78. The van der Waals surface area contributed by atoms with Crippen molar-refractivity contribution < 1.29 is 19.4 Å². The molecule has 2 N–H and O–H groups in total. The summed E-state index contributed by atoms with van der Waals surface area (Å²) in [5, 5.41) is 12.6. The topological polar surface area (TPSA) is 75.6 Å². The predicted octanol–water partition coefficient (Wildman–Crippen LogP) is 2.69. The molecule has 1 amide bonds. The van der Waals surface area contributed by atoms with Crippen molar-refractivity contribution in [3.05, 3.63) is 29.3 Å². The molecular weight excluding hydrogens is 282 g/mol. The molecule has 1 fully saturated rings. The van der Waals surface area contributed by atoms with E-state index in [9.17, 15) is 14.7 Å². The minimum absolute atomic E-state index is 0.0808. The number of aryl methyl sites for hydroxylation is 1. The van der Waals surface area contributed by atoms with E-state index >= 15 is 0 Å². The summed E-state index contributed by atoms with van der Waals surface area (Å²) >= 11 is 0. The minimum atomic E-state index is -0.880. The minimum Gasteiger partial charge on any atom is -0.507 e. The molecule has 2 rings (SSSR count). The standard InChI is InChI=1S/C17H23NO4/c1-11-8-9-15(19)14(10-11)17(21)22-12(2)16(20)18-13-6-4-3-5-7-13/h8-10,12-13,19H,3-7H2,1-2H3,(H,18,20). The zero-order valence-electron chi connectivity index (χ0n) is 13.1. The summed E-state index contributed by atoms with van der Waals surface area (Å²) in [6, 6.07) is 4.86. The van der Waals surface area contributed by atoms with Crippen LogP contribution in [0.4, 0.5) is 0 Å². The number of phenolic OH excluding ortho intramolecular Hbond substituents is 1. The van der Waals surface area contributed by atoms with Gasteiger partial charge in [-0.3, -0.25) is 4.79 Å². The molecule has 0 saturated heterocycles. The average Bonchev–Trinajstić information content (AvgIpc) is 2.50. The second-order valence-corrected chi connectivity index (χ2v) is 5.91. The zero-order chi connectivity index (χ0) is 16.1. The van der Waals surface area contributed by atoms with E-state index in [1.54, 1.807) is 19.1 Å². The summed E-state index contributed by atoms with van der Waals surface area (Å²) in [6.07, 6.45) is 4.53. The van der Waals surface area contributed by atoms with Crippen LogP contribution in [0.15, 0.2) is 18.2 Å². The van der Waals surface area contributed by atoms with Crippen LogP contribution >= 0.6 is 0 Å². The van der Waals surface area contributed by atoms with Crippen LogP contribution in [0.5, 0.6) is 5.75 Å². The molecule has 1 aromatic carbocycles. The van der Waals surface area contributed by atoms with Crippen molar-refractivity contribution in [1.29, 1.82) is 0 Å². The third-order valence-corrected chi connectivity index (χ3v) is 3.98. The zero-order valence-corrected chi connectivity index (χ0v) is 13.1. The molecule has 5 nitrogen and oxygen atoms in total. The van der Waals surface area contributed by atoms with Crippen LogP contribution in [-0.4, -0.2) is 29.1 Å². The maximum Gasteiger partial charge on any atom is 0.342 e. The van der Waals surface area contributed by atoms with Gasteiger partial charge in [-0.25, -0.2) is 4.79 Å². The Morgan fingerprint density at radius 2 is 1.95 bits per heavy atom. The number of ether oxygens (including phenoxy) is 1. The first-order valence-corrected chi connectivity index (χ1v) is 7.78. The van der Waals surface area contributed by atoms with Crippen molar-refractivity contribution in [2.45, 2.75) is 58.1 Å². The summed E-state index contributed by atoms with van der Waals surface area (Å²) in [4.78, 5) is 24.1. The SMILES string of the molecule is Cc1ccc(O)c(C(=O)OC(C)C(=O)NC2CCCCC2)c1. The van der Waals surface area contributed by atoms with E-state index in [2.05, 4.69) is 5.32 Å². The molecule has 0 spiro atoms. The molecule has 0 heterocycles. The lowest BCUT2D eigenvalue weighted by Crippen LogP contribution is -2.42. The summed E-state index contributed by atoms with van der Waals surface area (Å²) in [6.45, 7) is 3.36. The Hall–Kier alpha value is -2.04. The Morgan fingerprint density at radius 3 is 2.64 bits per heavy atom. The van der Waals surface area contributed by atoms with Gasteiger partial charge >= 0.3 is 5.97 Å². The van der Waals surface area contributed by atoms with Crippen LogP contribution in [0.25, 0.3) is 0 Å². The fourth-order valence-corrected chi connectivity index (χ4v) is 2.66. The van der Waals surface area contributed by atoms with E-state index in [-0.39, 0.29) is 23.3 Å². The molecule has 1 atom stereocenters. The van der Waals surface area contributed by atoms with Crippen molar-refractivity contribution in [3.8, 4) is 5.75 Å². The van der Waals surface area contributed by atoms with Crippen molar-refractivity contribution >= 4 is 11.9 Å². The smallest absolute Gasteiger partial charge is 0.342 e. The van der Waals surface area contributed by atoms with Gasteiger partial charge in [-0.2, -0.15) is 0 Å². The first kappa shape index (κ1) is 16.3. The monoisotopic (exact) mass is 305 g/mol. The van der Waals surface area contributed by atoms with Gasteiger partial charge in [-0.15, -0.1) is 0 Å². The Morgan fingerprint density at radius 1 is 1.27 bits per heavy atom. The normalized spacial score (nSPS) is 16.8. The number of benzene rings is 1. The molecule has 120 valence electrons. The van der Waals surface area contributed by atoms with Gasteiger partial charge in [-0.05, 0) is 38.8 Å². The van der Waals surface area contributed by atoms with Crippen LogP contribution in [-0.2, 0) is 9.53 Å². The average molecular weight is 305 g/mol. The first-order chi connectivity index (χ1) is 10.5. The third-order valence-electron chi connectivity index (χ3n) is 3.98. The van der Waals surface area contributed by atoms with Crippen LogP contribution in [0.3, 0.4) is 0 Å². The molecule has 0 bridgehead atoms. The predicted molar refractivity (Wildman–Crippen MR) is 82.7 cm³/mol. The highest BCUT2D eigenvalue weighted by Gasteiger charge is 2.23. The Bertz CT molecular complexity index is 550. The fourth-order valence-electron chi connectivity index (χ4n) is 2.66. The van der Waals surface area contributed by atoms with Gasteiger partial charge in [0, 0.05) is 6.04 Å². The molecule has 0 aromatic heterocycles. The molecule has 1 aliphatic rings. The van der Waals surface area contributed by atoms with Gasteiger partial charge in [0.1, 0.15) is 11.3 Å². The molecule has 1 unspecified atom stereocenters. The Balaban J connectivity index is 1.92. The Kier molecular flexibility index (Phi) is 5.41. The van der Waals surface area contributed by atoms with Crippen molar-refractivity contribution in [2.24, 2.45) is 0 Å². The summed E-state index contributed by atoms with van der Waals surface area (Å²) in [5.74, 6) is -1.12. The summed E-state index contributed by atoms with van der Waals surface area (Å²) < 4.78 is 5.16. The number of nitrogens with one attached hydrogen (secondary N) is 1. The molecule has 1 aliphatic carbocycles. The van der Waals surface area contributed by atoms with Crippen LogP contribution in [0.2, 0.25) is 0 Å². The van der Waals surface area contributed by atoms with Crippen LogP contribution in [0, 0.1) is 6.92 Å². The van der Waals surface area contributed by atoms with Gasteiger partial charge < -0.3 is 15.2 Å². The lowest BCUT2D eigenvalue weighted by molar-refractivity contribution is -0.130. The van der Waals surface area contributed by atoms with Gasteiger partial charge in [0.25, 0.3) is 5.91 Å². The maximum atomic E-state index is 12.1. The van der Waals surface area contributed by atoms with E-state index in [4.69, 9.17) is 4.74 Å². The third kappa shape index (κ3) is 4.23. The van der Waals surface area contributed by atoms with E-state index in [0.717, 1.165) is 31.2 Å². The molecular formula is C17H23NO4. The van der Waals surface area contributed by atoms with Gasteiger partial charge in [0.2, 0.25) is 0 Å². The van der Waals surface area contributed by atoms with Crippen molar-refractivity contribution in [3.63, 3.8) is 0 Å². The molecule has 5 heteroatoms. The van der Waals surface area contributed by atoms with E-state index in [0.29, 0.717) is 0 Å². The van der Waals surface area contributed by atoms with Gasteiger partial charge in [0.05, 0.1) is 0 Å². The highest BCUT2D eigenvalue weighted by Crippen LogP contribution is 2.20. The van der Waals surface area contributed by atoms with E-state index < -0.39 is 12.1 Å². The molecule has 0 radical (unpaired) electrons. The second kappa shape index (κ2) is 7.29. The van der Waals surface area contributed by atoms with Crippen molar-refractivity contribution in [1.82, 2.24) is 5.32 Å². The molecule has 1 aromatic rings. The number of phenols is 1. The number of hydrogen-bond acceptors (Lipinski definition) is 4. The number of carbonyl (C=O) groups excluding carboxylic acids is 2. The van der Waals surface area contributed by atoms with E-state index in [1.165, 1.54) is 12.5 Å². The lowest BCUT2D eigenvalue weighted by Gasteiger charge is -2.24. The number of carbonyl (C=O) groups is 2. The fraction of sp³-hybridized carbons (Fsp3) is 0.529. The number of amides is 1. The highest BCUT2D eigenvalue weighted by atomic mass is 16.5. The number of esters is 1. The highest BCUT2D eigenvalue weighted by molar-refractivity contribution is 5.94. The number of hydrogen-bond donors (Lipinski definition) is 2. The van der Waals surface area contributed by atoms with E-state index in [1.807, 2.05) is 6.92 Å². The summed E-state index contributed by atoms with van der Waals surface area (Å²) in [7, 11) is 0.